The molecular weight excluding hydrogens is 331 g/mol. The molecule has 0 aliphatic carbocycles. The second-order valence-corrected chi connectivity index (χ2v) is 5.89. The maximum atomic E-state index is 12.6. The van der Waals surface area contributed by atoms with E-state index >= 15 is 0 Å². The Morgan fingerprint density at radius 2 is 1.64 bits per heavy atom. The van der Waals surface area contributed by atoms with Crippen LogP contribution in [0.5, 0.6) is 0 Å². The number of hydrogen-bond acceptors (Lipinski definition) is 2. The van der Waals surface area contributed by atoms with Gasteiger partial charge in [-0.3, -0.25) is 4.79 Å². The van der Waals surface area contributed by atoms with Gasteiger partial charge in [0.2, 0.25) is 0 Å². The van der Waals surface area contributed by atoms with Crippen molar-refractivity contribution in [1.29, 1.82) is 0 Å². The van der Waals surface area contributed by atoms with Gasteiger partial charge in [0.25, 0.3) is 0 Å². The van der Waals surface area contributed by atoms with E-state index in [1.54, 1.807) is 0 Å². The minimum absolute atomic E-state index is 0.0392. The van der Waals surface area contributed by atoms with Crippen molar-refractivity contribution in [2.75, 3.05) is 0 Å². The summed E-state index contributed by atoms with van der Waals surface area (Å²) in [4.78, 5) is 10.8. The van der Waals surface area contributed by atoms with E-state index in [1.807, 2.05) is 30.3 Å². The maximum Gasteiger partial charge on any atom is 0.416 e. The Morgan fingerprint density at radius 1 is 1.00 bits per heavy atom. The van der Waals surface area contributed by atoms with E-state index in [2.05, 4.69) is 5.32 Å². The first-order valence-electron chi connectivity index (χ1n) is 8.00. The zero-order valence-electron chi connectivity index (χ0n) is 13.6. The highest BCUT2D eigenvalue weighted by Gasteiger charge is 2.29. The molecule has 0 heterocycles. The second-order valence-electron chi connectivity index (χ2n) is 5.89. The number of hydrogen-bond donors (Lipinski definition) is 2. The van der Waals surface area contributed by atoms with Crippen LogP contribution in [0.15, 0.2) is 54.6 Å². The Balaban J connectivity index is 1.97. The molecule has 0 aliphatic heterocycles. The predicted octanol–water partition coefficient (Wildman–Crippen LogP) is 4.27. The van der Waals surface area contributed by atoms with Crippen LogP contribution in [0.4, 0.5) is 13.2 Å². The van der Waals surface area contributed by atoms with Crippen molar-refractivity contribution in [3.63, 3.8) is 0 Å². The molecule has 0 amide bonds. The number of rotatable bonds is 8. The van der Waals surface area contributed by atoms with Gasteiger partial charge in [-0.2, -0.15) is 13.2 Å². The van der Waals surface area contributed by atoms with E-state index in [9.17, 15) is 18.0 Å². The summed E-state index contributed by atoms with van der Waals surface area (Å²) in [5.74, 6) is -0.866. The average molecular weight is 351 g/mol. The van der Waals surface area contributed by atoms with Crippen LogP contribution >= 0.6 is 0 Å². The van der Waals surface area contributed by atoms with E-state index in [-0.39, 0.29) is 12.5 Å². The lowest BCUT2D eigenvalue weighted by Gasteiger charge is -2.18. The average Bonchev–Trinajstić information content (AvgIpc) is 2.57. The topological polar surface area (TPSA) is 49.3 Å². The highest BCUT2D eigenvalue weighted by Crippen LogP contribution is 2.29. The molecule has 0 bridgehead atoms. The first kappa shape index (κ1) is 19.0. The normalized spacial score (nSPS) is 12.8. The molecular formula is C19H20F3NO2. The molecule has 0 saturated heterocycles. The van der Waals surface area contributed by atoms with Crippen molar-refractivity contribution in [3.05, 3.63) is 71.3 Å². The summed E-state index contributed by atoms with van der Waals surface area (Å²) >= 11 is 0. The summed E-state index contributed by atoms with van der Waals surface area (Å²) in [5, 5.41) is 12.1. The quantitative estimate of drug-likeness (QED) is 0.747. The first-order chi connectivity index (χ1) is 11.8. The van der Waals surface area contributed by atoms with Gasteiger partial charge in [0.05, 0.1) is 5.56 Å². The van der Waals surface area contributed by atoms with Crippen molar-refractivity contribution in [2.45, 2.75) is 38.0 Å². The van der Waals surface area contributed by atoms with E-state index in [4.69, 9.17) is 5.11 Å². The van der Waals surface area contributed by atoms with Crippen molar-refractivity contribution in [3.8, 4) is 0 Å². The summed E-state index contributed by atoms with van der Waals surface area (Å²) in [7, 11) is 0. The highest BCUT2D eigenvalue weighted by molar-refractivity contribution is 5.66. The third kappa shape index (κ3) is 6.58. The molecule has 6 heteroatoms. The lowest BCUT2D eigenvalue weighted by atomic mass is 10.0. The fraction of sp³-hybridized carbons (Fsp3) is 0.316. The Labute approximate surface area is 144 Å². The monoisotopic (exact) mass is 351 g/mol. The zero-order chi connectivity index (χ0) is 18.3. The first-order valence-corrected chi connectivity index (χ1v) is 8.00. The molecule has 2 aromatic carbocycles. The molecule has 0 aliphatic rings. The van der Waals surface area contributed by atoms with Gasteiger partial charge < -0.3 is 10.4 Å². The van der Waals surface area contributed by atoms with Crippen LogP contribution in [0.3, 0.4) is 0 Å². The van der Waals surface area contributed by atoms with Gasteiger partial charge in [0.1, 0.15) is 0 Å². The van der Waals surface area contributed by atoms with Crippen LogP contribution < -0.4 is 5.32 Å². The Hall–Kier alpha value is -2.34. The van der Waals surface area contributed by atoms with Gasteiger partial charge in [-0.15, -0.1) is 0 Å². The van der Waals surface area contributed by atoms with Crippen molar-refractivity contribution < 1.29 is 23.1 Å². The molecule has 0 spiro atoms. The van der Waals surface area contributed by atoms with Gasteiger partial charge in [-0.05, 0) is 36.1 Å². The number of alkyl halides is 3. The molecule has 2 rings (SSSR count). The molecule has 0 aromatic heterocycles. The lowest BCUT2D eigenvalue weighted by molar-refractivity contribution is -0.138. The summed E-state index contributed by atoms with van der Waals surface area (Å²) in [6.07, 6.45) is -3.19. The number of aliphatic carboxylic acids is 1. The SMILES string of the molecule is O=C(O)CCC(Cc1ccccc1)NCc1ccc(C(F)(F)F)cc1. The second kappa shape index (κ2) is 8.67. The molecule has 0 fully saturated rings. The molecule has 0 radical (unpaired) electrons. The van der Waals surface area contributed by atoms with Gasteiger partial charge in [0, 0.05) is 19.0 Å². The van der Waals surface area contributed by atoms with Crippen LogP contribution in [-0.4, -0.2) is 17.1 Å². The largest absolute Gasteiger partial charge is 0.481 e. The van der Waals surface area contributed by atoms with Gasteiger partial charge >= 0.3 is 12.1 Å². The summed E-state index contributed by atoms with van der Waals surface area (Å²) in [5.41, 5.74) is 1.13. The standard InChI is InChI=1S/C19H20F3NO2/c20-19(21,22)16-8-6-15(7-9-16)13-23-17(10-11-18(24)25)12-14-4-2-1-3-5-14/h1-9,17,23H,10-13H2,(H,24,25). The van der Waals surface area contributed by atoms with Crippen LogP contribution in [-0.2, 0) is 23.9 Å². The third-order valence-electron chi connectivity index (χ3n) is 3.91. The fourth-order valence-electron chi connectivity index (χ4n) is 2.55. The number of carbonyl (C=O) groups is 1. The van der Waals surface area contributed by atoms with Crippen LogP contribution in [0.1, 0.15) is 29.5 Å². The van der Waals surface area contributed by atoms with Crippen molar-refractivity contribution >= 4 is 5.97 Å². The predicted molar refractivity (Wildman–Crippen MR) is 89.1 cm³/mol. The summed E-state index contributed by atoms with van der Waals surface area (Å²) < 4.78 is 37.7. The Morgan fingerprint density at radius 3 is 2.20 bits per heavy atom. The summed E-state index contributed by atoms with van der Waals surface area (Å²) in [6.45, 7) is 0.384. The summed E-state index contributed by atoms with van der Waals surface area (Å²) in [6, 6.07) is 14.6. The number of nitrogens with one attached hydrogen (secondary N) is 1. The molecule has 1 atom stereocenters. The van der Waals surface area contributed by atoms with E-state index in [0.717, 1.165) is 23.3 Å². The van der Waals surface area contributed by atoms with Crippen LogP contribution in [0.2, 0.25) is 0 Å². The van der Waals surface area contributed by atoms with E-state index < -0.39 is 17.7 Å². The molecule has 134 valence electrons. The molecule has 2 N–H and O–H groups in total. The minimum atomic E-state index is -4.34. The molecule has 3 nitrogen and oxygen atoms in total. The fourth-order valence-corrected chi connectivity index (χ4v) is 2.55. The number of benzene rings is 2. The third-order valence-corrected chi connectivity index (χ3v) is 3.91. The Kier molecular flexibility index (Phi) is 6.58. The molecule has 25 heavy (non-hydrogen) atoms. The van der Waals surface area contributed by atoms with Crippen LogP contribution in [0.25, 0.3) is 0 Å². The van der Waals surface area contributed by atoms with Crippen LogP contribution in [0, 0.1) is 0 Å². The number of carboxylic acid groups (broad SMARTS) is 1. The molecule has 0 saturated carbocycles. The lowest BCUT2D eigenvalue weighted by Crippen LogP contribution is -2.31. The van der Waals surface area contributed by atoms with Crippen molar-refractivity contribution in [2.24, 2.45) is 0 Å². The van der Waals surface area contributed by atoms with E-state index in [1.165, 1.54) is 12.1 Å². The smallest absolute Gasteiger partial charge is 0.416 e. The van der Waals surface area contributed by atoms with Gasteiger partial charge in [-0.1, -0.05) is 42.5 Å². The van der Waals surface area contributed by atoms with Crippen molar-refractivity contribution in [1.82, 2.24) is 5.32 Å². The number of halogens is 3. The molecule has 2 aromatic rings. The molecule has 1 unspecified atom stereocenters. The minimum Gasteiger partial charge on any atom is -0.481 e. The zero-order valence-corrected chi connectivity index (χ0v) is 13.6. The maximum absolute atomic E-state index is 12.6. The van der Waals surface area contributed by atoms with Gasteiger partial charge in [0.15, 0.2) is 0 Å². The highest BCUT2D eigenvalue weighted by atomic mass is 19.4. The van der Waals surface area contributed by atoms with Gasteiger partial charge in [-0.25, -0.2) is 0 Å². The number of carboxylic acids is 1. The van der Waals surface area contributed by atoms with E-state index in [0.29, 0.717) is 19.4 Å². The Bertz CT molecular complexity index is 669.